The summed E-state index contributed by atoms with van der Waals surface area (Å²) in [5, 5.41) is 9.65. The number of amides is 1. The van der Waals surface area contributed by atoms with Crippen molar-refractivity contribution in [3.63, 3.8) is 0 Å². The lowest BCUT2D eigenvalue weighted by atomic mass is 9.84. The molecule has 34 heavy (non-hydrogen) atoms. The molecule has 2 aromatic carbocycles. The van der Waals surface area contributed by atoms with Gasteiger partial charge in [-0.1, -0.05) is 36.4 Å². The van der Waals surface area contributed by atoms with E-state index in [4.69, 9.17) is 5.73 Å². The van der Waals surface area contributed by atoms with Crippen molar-refractivity contribution in [2.75, 3.05) is 0 Å². The van der Waals surface area contributed by atoms with Gasteiger partial charge in [-0.15, -0.1) is 0 Å². The van der Waals surface area contributed by atoms with Crippen molar-refractivity contribution in [1.82, 2.24) is 4.72 Å². The third-order valence-corrected chi connectivity index (χ3v) is 7.12. The van der Waals surface area contributed by atoms with E-state index >= 15 is 0 Å². The average Bonchev–Trinajstić information content (AvgIpc) is 3.50. The van der Waals surface area contributed by atoms with Crippen LogP contribution in [0.4, 0.5) is 26.3 Å². The molecule has 6 nitrogen and oxygen atoms in total. The van der Waals surface area contributed by atoms with E-state index in [1.165, 1.54) is 24.3 Å². The van der Waals surface area contributed by atoms with Crippen LogP contribution in [-0.4, -0.2) is 37.8 Å². The minimum absolute atomic E-state index is 0.0964. The van der Waals surface area contributed by atoms with Gasteiger partial charge in [0.25, 0.3) is 5.60 Å². The molecule has 0 bridgehead atoms. The first-order valence-corrected chi connectivity index (χ1v) is 11.4. The molecule has 186 valence electrons. The Labute approximate surface area is 190 Å². The molecule has 1 amide bonds. The number of benzene rings is 2. The van der Waals surface area contributed by atoms with Gasteiger partial charge in [-0.3, -0.25) is 4.79 Å². The van der Waals surface area contributed by atoms with Gasteiger partial charge in [-0.05, 0) is 42.5 Å². The number of rotatable bonds is 7. The first-order valence-electron chi connectivity index (χ1n) is 9.88. The normalized spacial score (nSPS) is 16.4. The maximum atomic E-state index is 13.2. The SMILES string of the molecule is Cc1cc(C(O)(C(F)(F)F)C(F)(F)F)ccc1C(C(N)=O)c1ccccc1S(=O)(=O)NC1CC1. The molecule has 1 saturated carbocycles. The molecule has 3 rings (SSSR count). The van der Waals surface area contributed by atoms with Crippen LogP contribution < -0.4 is 10.5 Å². The Morgan fingerprint density at radius 2 is 1.59 bits per heavy atom. The number of carbonyl (C=O) groups is 1. The fraction of sp³-hybridized carbons (Fsp3) is 0.381. The van der Waals surface area contributed by atoms with Crippen molar-refractivity contribution in [2.24, 2.45) is 5.73 Å². The van der Waals surface area contributed by atoms with Crippen molar-refractivity contribution in [1.29, 1.82) is 0 Å². The average molecular weight is 510 g/mol. The fourth-order valence-corrected chi connectivity index (χ4v) is 5.19. The number of sulfonamides is 1. The zero-order valence-electron chi connectivity index (χ0n) is 17.5. The Morgan fingerprint density at radius 1 is 1.03 bits per heavy atom. The number of carbonyl (C=O) groups excluding carboxylic acids is 1. The van der Waals surface area contributed by atoms with Gasteiger partial charge in [-0.2, -0.15) is 26.3 Å². The van der Waals surface area contributed by atoms with Crippen LogP contribution in [0.15, 0.2) is 47.4 Å². The van der Waals surface area contributed by atoms with Crippen molar-refractivity contribution in [3.8, 4) is 0 Å². The summed E-state index contributed by atoms with van der Waals surface area (Å²) in [5.74, 6) is -2.59. The number of hydrogen-bond donors (Lipinski definition) is 3. The van der Waals surface area contributed by atoms with Gasteiger partial charge >= 0.3 is 12.4 Å². The second-order valence-electron chi connectivity index (χ2n) is 8.05. The molecule has 0 heterocycles. The molecule has 1 fully saturated rings. The molecule has 0 aromatic heterocycles. The Balaban J connectivity index is 2.15. The van der Waals surface area contributed by atoms with Crippen LogP contribution in [0.5, 0.6) is 0 Å². The number of aryl methyl sites for hydroxylation is 1. The monoisotopic (exact) mass is 510 g/mol. The number of primary amides is 1. The highest BCUT2D eigenvalue weighted by Gasteiger charge is 2.71. The van der Waals surface area contributed by atoms with E-state index in [0.717, 1.165) is 13.0 Å². The van der Waals surface area contributed by atoms with E-state index in [9.17, 15) is 44.7 Å². The smallest absolute Gasteiger partial charge is 0.369 e. The van der Waals surface area contributed by atoms with E-state index in [1.54, 1.807) is 0 Å². The molecular weight excluding hydrogens is 490 g/mol. The quantitative estimate of drug-likeness (QED) is 0.497. The Morgan fingerprint density at radius 3 is 2.06 bits per heavy atom. The van der Waals surface area contributed by atoms with Gasteiger partial charge in [0.1, 0.15) is 0 Å². The summed E-state index contributed by atoms with van der Waals surface area (Å²) in [6.07, 6.45) is -10.9. The molecule has 0 spiro atoms. The van der Waals surface area contributed by atoms with Gasteiger partial charge in [0.15, 0.2) is 0 Å². The van der Waals surface area contributed by atoms with E-state index in [2.05, 4.69) is 4.72 Å². The first-order chi connectivity index (χ1) is 15.5. The second kappa shape index (κ2) is 8.54. The van der Waals surface area contributed by atoms with Crippen molar-refractivity contribution in [3.05, 3.63) is 64.7 Å². The van der Waals surface area contributed by atoms with Crippen molar-refractivity contribution in [2.45, 2.75) is 54.6 Å². The van der Waals surface area contributed by atoms with E-state index < -0.39 is 45.4 Å². The number of hydrogen-bond acceptors (Lipinski definition) is 4. The minimum Gasteiger partial charge on any atom is -0.369 e. The minimum atomic E-state index is -6.09. The molecule has 1 aliphatic rings. The number of aliphatic hydroxyl groups is 1. The Hall–Kier alpha value is -2.64. The van der Waals surface area contributed by atoms with E-state index in [-0.39, 0.29) is 27.6 Å². The molecule has 0 aliphatic heterocycles. The van der Waals surface area contributed by atoms with Crippen LogP contribution in [0.25, 0.3) is 0 Å². The molecule has 4 N–H and O–H groups in total. The van der Waals surface area contributed by atoms with Gasteiger partial charge in [0, 0.05) is 11.6 Å². The zero-order valence-corrected chi connectivity index (χ0v) is 18.4. The number of alkyl halides is 6. The highest BCUT2D eigenvalue weighted by molar-refractivity contribution is 7.89. The molecule has 0 radical (unpaired) electrons. The number of nitrogens with one attached hydrogen (secondary N) is 1. The van der Waals surface area contributed by atoms with Crippen LogP contribution in [0, 0.1) is 6.92 Å². The Kier molecular flexibility index (Phi) is 6.52. The molecule has 2 aromatic rings. The summed E-state index contributed by atoms with van der Waals surface area (Å²) >= 11 is 0. The summed E-state index contributed by atoms with van der Waals surface area (Å²) < 4.78 is 108. The lowest BCUT2D eigenvalue weighted by molar-refractivity contribution is -0.376. The maximum Gasteiger partial charge on any atom is 0.430 e. The van der Waals surface area contributed by atoms with Crippen LogP contribution in [0.3, 0.4) is 0 Å². The molecule has 0 saturated heterocycles. The summed E-state index contributed by atoms with van der Waals surface area (Å²) in [4.78, 5) is 12.1. The van der Waals surface area contributed by atoms with Gasteiger partial charge in [-0.25, -0.2) is 13.1 Å². The number of halogens is 6. The molecule has 1 aliphatic carbocycles. The van der Waals surface area contributed by atoms with Crippen molar-refractivity contribution < 1.29 is 44.7 Å². The van der Waals surface area contributed by atoms with Crippen LogP contribution >= 0.6 is 0 Å². The second-order valence-corrected chi connectivity index (χ2v) is 9.73. The predicted molar refractivity (Wildman–Crippen MR) is 108 cm³/mol. The van der Waals surface area contributed by atoms with Crippen LogP contribution in [-0.2, 0) is 20.4 Å². The summed E-state index contributed by atoms with van der Waals surface area (Å²) in [6, 6.07) is 6.67. The van der Waals surface area contributed by atoms with Gasteiger partial charge in [0.2, 0.25) is 15.9 Å². The molecular formula is C21H20F6N2O4S. The highest BCUT2D eigenvalue weighted by atomic mass is 32.2. The van der Waals surface area contributed by atoms with E-state index in [0.29, 0.717) is 25.0 Å². The summed E-state index contributed by atoms with van der Waals surface area (Å²) in [6.45, 7) is 1.13. The zero-order chi connectivity index (χ0) is 25.7. The fourth-order valence-electron chi connectivity index (χ4n) is 3.63. The largest absolute Gasteiger partial charge is 0.430 e. The summed E-state index contributed by atoms with van der Waals surface area (Å²) in [5.41, 5.74) is -1.61. The maximum absolute atomic E-state index is 13.2. The molecule has 1 atom stereocenters. The molecule has 1 unspecified atom stereocenters. The number of nitrogens with two attached hydrogens (primary N) is 1. The first kappa shape index (κ1) is 26.0. The molecule has 13 heteroatoms. The Bertz CT molecular complexity index is 1190. The van der Waals surface area contributed by atoms with Crippen molar-refractivity contribution >= 4 is 15.9 Å². The standard InChI is InChI=1S/C21H20F6N2O4S/c1-11-10-12(19(31,20(22,23)24)21(25,26)27)6-9-14(11)17(18(28)30)15-4-2-3-5-16(15)34(32,33)29-13-7-8-13/h2-6,9-10,13,17,29,31H,7-8H2,1H3,(H2,28,30). The predicted octanol–water partition coefficient (Wildman–Crippen LogP) is 3.37. The third kappa shape index (κ3) is 4.64. The third-order valence-electron chi connectivity index (χ3n) is 5.52. The lowest BCUT2D eigenvalue weighted by Gasteiger charge is -2.33. The topological polar surface area (TPSA) is 109 Å². The van der Waals surface area contributed by atoms with Crippen LogP contribution in [0.2, 0.25) is 0 Å². The van der Waals surface area contributed by atoms with Crippen LogP contribution in [0.1, 0.15) is 41.0 Å². The van der Waals surface area contributed by atoms with Gasteiger partial charge < -0.3 is 10.8 Å². The summed E-state index contributed by atoms with van der Waals surface area (Å²) in [7, 11) is -4.09. The lowest BCUT2D eigenvalue weighted by Crippen LogP contribution is -2.54. The van der Waals surface area contributed by atoms with Gasteiger partial charge in [0.05, 0.1) is 10.8 Å². The van der Waals surface area contributed by atoms with E-state index in [1.807, 2.05) is 0 Å². The highest BCUT2D eigenvalue weighted by Crippen LogP contribution is 2.50.